The van der Waals surface area contributed by atoms with Gasteiger partial charge in [0.1, 0.15) is 11.8 Å². The molecule has 1 amide bonds. The third kappa shape index (κ3) is 4.71. The van der Waals surface area contributed by atoms with Crippen molar-refractivity contribution in [2.75, 3.05) is 39.3 Å². The van der Waals surface area contributed by atoms with Gasteiger partial charge >= 0.3 is 5.97 Å². The molecule has 9 heteroatoms. The fraction of sp³-hybridized carbons (Fsp3) is 0.240. The number of rotatable bonds is 6. The van der Waals surface area contributed by atoms with E-state index in [9.17, 15) is 14.7 Å². The van der Waals surface area contributed by atoms with E-state index in [2.05, 4.69) is 10.3 Å². The van der Waals surface area contributed by atoms with Crippen molar-refractivity contribution >= 4 is 46.3 Å². The van der Waals surface area contributed by atoms with Gasteiger partial charge in [0.05, 0.1) is 37.8 Å². The molecule has 1 fully saturated rings. The van der Waals surface area contributed by atoms with Crippen LogP contribution in [0.25, 0.3) is 11.8 Å². The van der Waals surface area contributed by atoms with E-state index in [1.165, 1.54) is 26.0 Å². The quantitative estimate of drug-likeness (QED) is 0.485. The van der Waals surface area contributed by atoms with Crippen molar-refractivity contribution in [3.8, 4) is 0 Å². The Bertz CT molecular complexity index is 1210. The zero-order chi connectivity index (χ0) is 24.2. The number of aliphatic hydroxyl groups is 1. The number of fused-ring (bicyclic) bond motifs is 1. The molecule has 1 saturated heterocycles. The van der Waals surface area contributed by atoms with Gasteiger partial charge in [-0.05, 0) is 41.1 Å². The first-order valence-corrected chi connectivity index (χ1v) is 11.4. The number of nitrogens with zero attached hydrogens (tertiary/aromatic N) is 2. The summed E-state index contributed by atoms with van der Waals surface area (Å²) in [6.45, 7) is 0.199. The van der Waals surface area contributed by atoms with Gasteiger partial charge in [0, 0.05) is 18.3 Å². The summed E-state index contributed by atoms with van der Waals surface area (Å²) in [4.78, 5) is 31.8. The zero-order valence-corrected chi connectivity index (χ0v) is 19.9. The minimum absolute atomic E-state index is 0.171. The summed E-state index contributed by atoms with van der Waals surface area (Å²) in [6, 6.07) is 14.7. The summed E-state index contributed by atoms with van der Waals surface area (Å²) in [5.74, 6) is -0.248. The lowest BCUT2D eigenvalue weighted by Crippen LogP contribution is -2.30. The van der Waals surface area contributed by atoms with Crippen LogP contribution >= 0.6 is 11.8 Å². The molecule has 4 rings (SSSR count). The van der Waals surface area contributed by atoms with Gasteiger partial charge < -0.3 is 24.8 Å². The van der Waals surface area contributed by atoms with Crippen LogP contribution in [0.15, 0.2) is 64.0 Å². The molecule has 0 unspecified atom stereocenters. The van der Waals surface area contributed by atoms with Crippen LogP contribution in [0.5, 0.6) is 0 Å². The van der Waals surface area contributed by atoms with Gasteiger partial charge in [0.25, 0.3) is 5.91 Å². The van der Waals surface area contributed by atoms with Crippen molar-refractivity contribution in [1.29, 1.82) is 0 Å². The molecule has 2 aliphatic rings. The predicted octanol–water partition coefficient (Wildman–Crippen LogP) is 2.96. The van der Waals surface area contributed by atoms with Crippen molar-refractivity contribution in [3.63, 3.8) is 0 Å². The molecule has 34 heavy (non-hydrogen) atoms. The molecular formula is C25H25N3O5S. The van der Waals surface area contributed by atoms with Crippen LogP contribution in [-0.2, 0) is 19.1 Å². The summed E-state index contributed by atoms with van der Waals surface area (Å²) in [7, 11) is 4.75. The summed E-state index contributed by atoms with van der Waals surface area (Å²) in [6.07, 6.45) is 1.76. The van der Waals surface area contributed by atoms with E-state index >= 15 is 0 Å². The van der Waals surface area contributed by atoms with E-state index in [1.54, 1.807) is 6.08 Å². The van der Waals surface area contributed by atoms with Crippen LogP contribution in [0.4, 0.5) is 5.69 Å². The molecule has 2 aliphatic heterocycles. The average molecular weight is 480 g/mol. The zero-order valence-electron chi connectivity index (χ0n) is 19.1. The van der Waals surface area contributed by atoms with E-state index in [-0.39, 0.29) is 12.5 Å². The highest BCUT2D eigenvalue weighted by Gasteiger charge is 2.29. The van der Waals surface area contributed by atoms with Crippen molar-refractivity contribution in [3.05, 3.63) is 75.7 Å². The summed E-state index contributed by atoms with van der Waals surface area (Å²) in [5, 5.41) is 13.0. The number of anilines is 1. The van der Waals surface area contributed by atoms with Crippen molar-refractivity contribution in [2.24, 2.45) is 4.99 Å². The third-order valence-corrected chi connectivity index (χ3v) is 6.48. The first-order chi connectivity index (χ1) is 16.4. The van der Waals surface area contributed by atoms with Crippen molar-refractivity contribution in [2.45, 2.75) is 6.04 Å². The summed E-state index contributed by atoms with van der Waals surface area (Å²) >= 11 is 1.22. The molecule has 2 aromatic carbocycles. The topological polar surface area (TPSA) is 100 Å². The van der Waals surface area contributed by atoms with Crippen molar-refractivity contribution < 1.29 is 24.2 Å². The first kappa shape index (κ1) is 23.6. The highest BCUT2D eigenvalue weighted by atomic mass is 32.2. The highest BCUT2D eigenvalue weighted by Crippen LogP contribution is 2.37. The van der Waals surface area contributed by atoms with Gasteiger partial charge in [-0.3, -0.25) is 9.79 Å². The molecule has 0 spiro atoms. The van der Waals surface area contributed by atoms with E-state index in [0.29, 0.717) is 27.9 Å². The number of hydrogen-bond donors (Lipinski definition) is 2. The molecule has 0 saturated carbocycles. The van der Waals surface area contributed by atoms with Gasteiger partial charge in [-0.25, -0.2) is 4.79 Å². The molecule has 0 aromatic heterocycles. The molecule has 176 valence electrons. The third-order valence-electron chi connectivity index (χ3n) is 5.56. The number of methoxy groups -OCH3 is 2. The Labute approximate surface area is 202 Å². The number of hydrogen-bond acceptors (Lipinski definition) is 8. The number of esters is 1. The van der Waals surface area contributed by atoms with Crippen LogP contribution in [0.2, 0.25) is 0 Å². The number of carbonyl (C=O) groups excluding carboxylic acids is 2. The summed E-state index contributed by atoms with van der Waals surface area (Å²) in [5.41, 5.74) is 3.72. The molecule has 2 heterocycles. The Morgan fingerprint density at radius 1 is 1.26 bits per heavy atom. The van der Waals surface area contributed by atoms with E-state index < -0.39 is 12.0 Å². The van der Waals surface area contributed by atoms with Crippen LogP contribution < -0.4 is 10.2 Å². The number of carbonyl (C=O) groups is 2. The Balaban J connectivity index is 1.64. The standard InChI is InChI=1S/C25H25N3O5S/c1-28-13-18(24(31)33-3)22(32-2)17-11-15(9-10-20(17)28)12-21-23(30)27-25(34-21)26-19(14-29)16-7-5-4-6-8-16/h4-12,19,29H,13-14H2,1-3H3,(H,26,27,30)/b21-12-/t19-/m0/s1. The number of likely N-dealkylation sites (N-methyl/N-ethyl adjacent to an activating group) is 1. The number of benzene rings is 2. The molecule has 2 aromatic rings. The molecular weight excluding hydrogens is 454 g/mol. The Morgan fingerprint density at radius 2 is 2.03 bits per heavy atom. The van der Waals surface area contributed by atoms with Crippen LogP contribution in [0.1, 0.15) is 22.7 Å². The number of thioether (sulfide) groups is 1. The molecule has 0 bridgehead atoms. The minimum Gasteiger partial charge on any atom is -0.495 e. The number of aliphatic imine (C=N–C) groups is 1. The largest absolute Gasteiger partial charge is 0.495 e. The lowest BCUT2D eigenvalue weighted by atomic mass is 9.98. The SMILES string of the molecule is COC(=O)C1=C(OC)c2cc(/C=C3\SC(=N[C@@H](CO)c4ccccc4)NC3=O)ccc2N(C)C1. The monoisotopic (exact) mass is 479 g/mol. The van der Waals surface area contributed by atoms with Crippen LogP contribution in [0, 0.1) is 0 Å². The molecule has 0 aliphatic carbocycles. The Kier molecular flexibility index (Phi) is 7.04. The first-order valence-electron chi connectivity index (χ1n) is 10.6. The van der Waals surface area contributed by atoms with E-state index in [0.717, 1.165) is 22.4 Å². The molecule has 0 radical (unpaired) electrons. The highest BCUT2D eigenvalue weighted by molar-refractivity contribution is 8.18. The maximum Gasteiger partial charge on any atom is 0.339 e. The van der Waals surface area contributed by atoms with Crippen LogP contribution in [0.3, 0.4) is 0 Å². The maximum absolute atomic E-state index is 12.6. The minimum atomic E-state index is -0.464. The fourth-order valence-electron chi connectivity index (χ4n) is 3.91. The average Bonchev–Trinajstić information content (AvgIpc) is 3.20. The van der Waals surface area contributed by atoms with Crippen LogP contribution in [-0.4, -0.2) is 56.6 Å². The predicted molar refractivity (Wildman–Crippen MR) is 133 cm³/mol. The van der Waals surface area contributed by atoms with E-state index in [4.69, 9.17) is 9.47 Å². The van der Waals surface area contributed by atoms with Crippen molar-refractivity contribution in [1.82, 2.24) is 5.32 Å². The lowest BCUT2D eigenvalue weighted by Gasteiger charge is -2.30. The van der Waals surface area contributed by atoms with Gasteiger partial charge in [-0.15, -0.1) is 0 Å². The van der Waals surface area contributed by atoms with Gasteiger partial charge in [0.2, 0.25) is 0 Å². The number of ether oxygens (including phenoxy) is 2. The molecule has 1 atom stereocenters. The fourth-order valence-corrected chi connectivity index (χ4v) is 4.78. The Hall–Kier alpha value is -3.56. The molecule has 8 nitrogen and oxygen atoms in total. The second-order valence-electron chi connectivity index (χ2n) is 7.74. The van der Waals surface area contributed by atoms with Gasteiger partial charge in [-0.2, -0.15) is 0 Å². The maximum atomic E-state index is 12.6. The molecule has 2 N–H and O–H groups in total. The number of amides is 1. The van der Waals surface area contributed by atoms with Gasteiger partial charge in [-0.1, -0.05) is 36.4 Å². The number of amidine groups is 1. The summed E-state index contributed by atoms with van der Waals surface area (Å²) < 4.78 is 10.5. The van der Waals surface area contributed by atoms with Gasteiger partial charge in [0.15, 0.2) is 5.17 Å². The number of nitrogens with one attached hydrogen (secondary N) is 1. The normalized spacial score (nSPS) is 18.7. The Morgan fingerprint density at radius 3 is 2.71 bits per heavy atom. The lowest BCUT2D eigenvalue weighted by molar-refractivity contribution is -0.136. The number of aliphatic hydroxyl groups excluding tert-OH is 1. The second-order valence-corrected chi connectivity index (χ2v) is 8.77. The smallest absolute Gasteiger partial charge is 0.339 e. The second kappa shape index (κ2) is 10.1. The van der Waals surface area contributed by atoms with E-state index in [1.807, 2.05) is 60.5 Å².